The van der Waals surface area contributed by atoms with Gasteiger partial charge >= 0.3 is 5.97 Å². The Labute approximate surface area is 175 Å². The molecule has 0 bridgehead atoms. The summed E-state index contributed by atoms with van der Waals surface area (Å²) in [4.78, 5) is 36.4. The molecule has 0 aliphatic heterocycles. The van der Waals surface area contributed by atoms with Gasteiger partial charge in [-0.25, -0.2) is 4.79 Å². The van der Waals surface area contributed by atoms with E-state index in [0.29, 0.717) is 23.4 Å². The first-order chi connectivity index (χ1) is 14.4. The van der Waals surface area contributed by atoms with Crippen LogP contribution in [0, 0.1) is 0 Å². The molecule has 30 heavy (non-hydrogen) atoms. The molecule has 0 heterocycles. The van der Waals surface area contributed by atoms with Crippen molar-refractivity contribution in [2.45, 2.75) is 19.8 Å². The molecular weight excluding hydrogens is 390 g/mol. The fourth-order valence-corrected chi connectivity index (χ4v) is 2.74. The molecule has 1 N–H and O–H groups in total. The highest BCUT2D eigenvalue weighted by Crippen LogP contribution is 2.39. The number of carbonyl (C=O) groups is 3. The Kier molecular flexibility index (Phi) is 8.22. The van der Waals surface area contributed by atoms with Gasteiger partial charge in [0.2, 0.25) is 11.7 Å². The second-order valence-electron chi connectivity index (χ2n) is 6.26. The van der Waals surface area contributed by atoms with E-state index in [9.17, 15) is 14.4 Å². The molecule has 0 saturated heterocycles. The molecule has 0 aliphatic rings. The number of anilines is 1. The fourth-order valence-electron chi connectivity index (χ4n) is 2.74. The number of hydrogen-bond acceptors (Lipinski definition) is 7. The Morgan fingerprint density at radius 1 is 0.867 bits per heavy atom. The van der Waals surface area contributed by atoms with Crippen molar-refractivity contribution < 1.29 is 33.3 Å². The summed E-state index contributed by atoms with van der Waals surface area (Å²) in [6.07, 6.45) is 1.18. The van der Waals surface area contributed by atoms with Crippen molar-refractivity contribution in [3.05, 3.63) is 47.5 Å². The largest absolute Gasteiger partial charge is 0.493 e. The van der Waals surface area contributed by atoms with Crippen molar-refractivity contribution in [3.8, 4) is 17.2 Å². The molecule has 0 aromatic heterocycles. The van der Waals surface area contributed by atoms with E-state index in [2.05, 4.69) is 5.32 Å². The number of Topliss-reactive ketones (excluding diaryl/α,β-unsaturated/α-hetero) is 1. The number of ether oxygens (including phenoxy) is 4. The highest BCUT2D eigenvalue weighted by Gasteiger charge is 2.22. The van der Waals surface area contributed by atoms with Crippen molar-refractivity contribution in [1.82, 2.24) is 0 Å². The van der Waals surface area contributed by atoms with Gasteiger partial charge in [0.1, 0.15) is 5.56 Å². The van der Waals surface area contributed by atoms with Gasteiger partial charge in [0.25, 0.3) is 0 Å². The van der Waals surface area contributed by atoms with Gasteiger partial charge in [0.15, 0.2) is 23.9 Å². The summed E-state index contributed by atoms with van der Waals surface area (Å²) in [5.74, 6) is -0.399. The van der Waals surface area contributed by atoms with E-state index in [0.717, 1.165) is 6.42 Å². The maximum absolute atomic E-state index is 12.5. The van der Waals surface area contributed by atoms with Crippen molar-refractivity contribution in [2.75, 3.05) is 33.3 Å². The van der Waals surface area contributed by atoms with Crippen LogP contribution < -0.4 is 19.5 Å². The third kappa shape index (κ3) is 5.50. The summed E-state index contributed by atoms with van der Waals surface area (Å²) < 4.78 is 20.8. The van der Waals surface area contributed by atoms with E-state index < -0.39 is 12.6 Å². The van der Waals surface area contributed by atoms with Gasteiger partial charge in [-0.15, -0.1) is 0 Å². The predicted molar refractivity (Wildman–Crippen MR) is 111 cm³/mol. The topological polar surface area (TPSA) is 100 Å². The first-order valence-corrected chi connectivity index (χ1v) is 9.34. The van der Waals surface area contributed by atoms with Gasteiger partial charge in [-0.05, 0) is 42.8 Å². The number of carbonyl (C=O) groups excluding carboxylic acids is 3. The quantitative estimate of drug-likeness (QED) is 0.468. The van der Waals surface area contributed by atoms with E-state index in [1.807, 2.05) is 6.92 Å². The molecule has 2 aromatic carbocycles. The minimum absolute atomic E-state index is 0.0885. The Hall–Kier alpha value is -3.55. The van der Waals surface area contributed by atoms with Gasteiger partial charge in [-0.1, -0.05) is 6.92 Å². The number of amides is 1. The molecule has 1 amide bonds. The summed E-state index contributed by atoms with van der Waals surface area (Å²) in [5, 5.41) is 2.74. The van der Waals surface area contributed by atoms with Crippen LogP contribution in [0.2, 0.25) is 0 Å². The molecular formula is C22H25NO7. The smallest absolute Gasteiger partial charge is 0.342 e. The van der Waals surface area contributed by atoms with Crippen molar-refractivity contribution in [2.24, 2.45) is 0 Å². The highest BCUT2D eigenvalue weighted by atomic mass is 16.5. The van der Waals surface area contributed by atoms with Crippen LogP contribution in [-0.4, -0.2) is 45.6 Å². The molecule has 0 saturated carbocycles. The Morgan fingerprint density at radius 2 is 1.53 bits per heavy atom. The molecule has 0 unspecified atom stereocenters. The predicted octanol–water partition coefficient (Wildman–Crippen LogP) is 3.49. The number of benzene rings is 2. The van der Waals surface area contributed by atoms with Crippen LogP contribution in [0.15, 0.2) is 36.4 Å². The Bertz CT molecular complexity index is 906. The molecule has 8 heteroatoms. The maximum Gasteiger partial charge on any atom is 0.342 e. The van der Waals surface area contributed by atoms with Gasteiger partial charge in [0, 0.05) is 17.7 Å². The number of ketones is 1. The second-order valence-corrected chi connectivity index (χ2v) is 6.26. The van der Waals surface area contributed by atoms with Crippen LogP contribution >= 0.6 is 0 Å². The second kappa shape index (κ2) is 10.8. The first kappa shape index (κ1) is 22.7. The molecule has 8 nitrogen and oxygen atoms in total. The molecule has 160 valence electrons. The number of hydrogen-bond donors (Lipinski definition) is 1. The average Bonchev–Trinajstić information content (AvgIpc) is 2.76. The SMILES string of the molecule is CCCC(=O)Nc1ccc(C(=O)COC(=O)c2ccc(OC)c(OC)c2OC)cc1. The van der Waals surface area contributed by atoms with Crippen molar-refractivity contribution in [1.29, 1.82) is 0 Å². The number of nitrogens with one attached hydrogen (secondary N) is 1. The van der Waals surface area contributed by atoms with Crippen LogP contribution in [0.1, 0.15) is 40.5 Å². The van der Waals surface area contributed by atoms with Crippen LogP contribution in [-0.2, 0) is 9.53 Å². The minimum Gasteiger partial charge on any atom is -0.493 e. The average molecular weight is 415 g/mol. The van der Waals surface area contributed by atoms with Crippen molar-refractivity contribution >= 4 is 23.3 Å². The Morgan fingerprint density at radius 3 is 2.10 bits per heavy atom. The highest BCUT2D eigenvalue weighted by molar-refractivity contribution is 6.01. The van der Waals surface area contributed by atoms with Crippen LogP contribution in [0.25, 0.3) is 0 Å². The molecule has 0 fully saturated rings. The van der Waals surface area contributed by atoms with Gasteiger partial charge in [0.05, 0.1) is 21.3 Å². The Balaban J connectivity index is 2.04. The number of esters is 1. The zero-order valence-corrected chi connectivity index (χ0v) is 17.4. The van der Waals surface area contributed by atoms with Crippen LogP contribution in [0.5, 0.6) is 17.2 Å². The zero-order valence-electron chi connectivity index (χ0n) is 17.4. The van der Waals surface area contributed by atoms with E-state index in [4.69, 9.17) is 18.9 Å². The molecule has 0 atom stereocenters. The van der Waals surface area contributed by atoms with E-state index in [-0.39, 0.29) is 28.8 Å². The first-order valence-electron chi connectivity index (χ1n) is 9.34. The summed E-state index contributed by atoms with van der Waals surface area (Å²) in [5.41, 5.74) is 1.06. The summed E-state index contributed by atoms with van der Waals surface area (Å²) in [6, 6.07) is 9.40. The molecule has 0 aliphatic carbocycles. The van der Waals surface area contributed by atoms with Gasteiger partial charge < -0.3 is 24.3 Å². The number of rotatable bonds is 10. The summed E-state index contributed by atoms with van der Waals surface area (Å²) in [6.45, 7) is 1.47. The lowest BCUT2D eigenvalue weighted by Gasteiger charge is -2.15. The minimum atomic E-state index is -0.732. The summed E-state index contributed by atoms with van der Waals surface area (Å²) >= 11 is 0. The summed E-state index contributed by atoms with van der Waals surface area (Å²) in [7, 11) is 4.28. The van der Waals surface area contributed by atoms with Gasteiger partial charge in [-0.2, -0.15) is 0 Å². The van der Waals surface area contributed by atoms with E-state index in [1.54, 1.807) is 30.3 Å². The third-order valence-corrected chi connectivity index (χ3v) is 4.23. The fraction of sp³-hybridized carbons (Fsp3) is 0.318. The molecule has 2 aromatic rings. The van der Waals surface area contributed by atoms with E-state index in [1.165, 1.54) is 27.4 Å². The number of methoxy groups -OCH3 is 3. The lowest BCUT2D eigenvalue weighted by molar-refractivity contribution is -0.116. The third-order valence-electron chi connectivity index (χ3n) is 4.23. The van der Waals surface area contributed by atoms with Crippen LogP contribution in [0.4, 0.5) is 5.69 Å². The molecule has 2 rings (SSSR count). The maximum atomic E-state index is 12.5. The lowest BCUT2D eigenvalue weighted by Crippen LogP contribution is -2.15. The van der Waals surface area contributed by atoms with Crippen molar-refractivity contribution in [3.63, 3.8) is 0 Å². The van der Waals surface area contributed by atoms with E-state index >= 15 is 0 Å². The zero-order chi connectivity index (χ0) is 22.1. The standard InChI is InChI=1S/C22H25NO7/c1-5-6-19(25)23-15-9-7-14(8-10-15)17(24)13-30-22(26)16-11-12-18(27-2)21(29-4)20(16)28-3/h7-12H,5-6,13H2,1-4H3,(H,23,25). The lowest BCUT2D eigenvalue weighted by atomic mass is 10.1. The van der Waals surface area contributed by atoms with Gasteiger partial charge in [-0.3, -0.25) is 9.59 Å². The van der Waals surface area contributed by atoms with Crippen LogP contribution in [0.3, 0.4) is 0 Å². The normalized spacial score (nSPS) is 10.1. The molecule has 0 spiro atoms. The molecule has 0 radical (unpaired) electrons. The monoisotopic (exact) mass is 415 g/mol.